The molecule has 4 rings (SSSR count). The van der Waals surface area contributed by atoms with Crippen LogP contribution in [-0.4, -0.2) is 47.2 Å². The summed E-state index contributed by atoms with van der Waals surface area (Å²) < 4.78 is 1.60. The summed E-state index contributed by atoms with van der Waals surface area (Å²) >= 11 is 5.96. The maximum Gasteiger partial charge on any atom is 0.256 e. The molecule has 1 unspecified atom stereocenters. The van der Waals surface area contributed by atoms with E-state index in [1.165, 1.54) is 20.0 Å². The molecule has 0 saturated heterocycles. The summed E-state index contributed by atoms with van der Waals surface area (Å²) in [6.45, 7) is 6.90. The van der Waals surface area contributed by atoms with Crippen LogP contribution < -0.4 is 5.32 Å². The Labute approximate surface area is 190 Å². The molecule has 0 fully saturated rings. The number of halogens is 1. The molecule has 3 aromatic rings. The fraction of sp³-hybridized carbons (Fsp3) is 0.318. The highest BCUT2D eigenvalue weighted by Crippen LogP contribution is 2.34. The summed E-state index contributed by atoms with van der Waals surface area (Å²) in [4.78, 5) is 35.8. The first-order valence-electron chi connectivity index (χ1n) is 10.1. The van der Waals surface area contributed by atoms with Crippen LogP contribution in [0.3, 0.4) is 0 Å². The number of carbonyl (C=O) groups excluding carboxylic acids is 2. The van der Waals surface area contributed by atoms with Crippen molar-refractivity contribution in [3.63, 3.8) is 0 Å². The lowest BCUT2D eigenvalue weighted by atomic mass is 10.1. The normalized spacial score (nSPS) is 14.4. The topological polar surface area (TPSA) is 113 Å². The Bertz CT molecular complexity index is 1220. The van der Waals surface area contributed by atoms with Crippen LogP contribution in [0.2, 0.25) is 5.02 Å². The number of hydrogen-bond acceptors (Lipinski definition) is 6. The number of aliphatic hydroxyl groups is 1. The van der Waals surface area contributed by atoms with Gasteiger partial charge < -0.3 is 15.3 Å². The van der Waals surface area contributed by atoms with Gasteiger partial charge in [-0.3, -0.25) is 9.59 Å². The van der Waals surface area contributed by atoms with Crippen molar-refractivity contribution in [3.05, 3.63) is 64.2 Å². The Kier molecular flexibility index (Phi) is 5.47. The third-order valence-electron chi connectivity index (χ3n) is 5.45. The van der Waals surface area contributed by atoms with Crippen LogP contribution in [0, 0.1) is 6.92 Å². The average molecular weight is 455 g/mol. The minimum atomic E-state index is -1.57. The van der Waals surface area contributed by atoms with Crippen molar-refractivity contribution in [2.24, 2.45) is 0 Å². The number of amides is 2. The summed E-state index contributed by atoms with van der Waals surface area (Å²) in [5.41, 5.74) is 1.28. The molecule has 0 bridgehead atoms. The van der Waals surface area contributed by atoms with Crippen LogP contribution in [0.4, 0.5) is 5.82 Å². The summed E-state index contributed by atoms with van der Waals surface area (Å²) in [7, 11) is 0. The monoisotopic (exact) mass is 454 g/mol. The molecule has 2 amide bonds. The second-order valence-corrected chi connectivity index (χ2v) is 8.76. The van der Waals surface area contributed by atoms with E-state index in [-0.39, 0.29) is 24.3 Å². The van der Waals surface area contributed by atoms with Crippen molar-refractivity contribution in [2.45, 2.75) is 45.9 Å². The van der Waals surface area contributed by atoms with E-state index in [4.69, 9.17) is 11.6 Å². The van der Waals surface area contributed by atoms with Crippen molar-refractivity contribution >= 4 is 29.2 Å². The highest BCUT2D eigenvalue weighted by Gasteiger charge is 2.35. The predicted molar refractivity (Wildman–Crippen MR) is 119 cm³/mol. The van der Waals surface area contributed by atoms with Crippen molar-refractivity contribution in [3.8, 4) is 5.82 Å². The molecular formula is C22H23ClN6O3. The van der Waals surface area contributed by atoms with Gasteiger partial charge >= 0.3 is 0 Å². The quantitative estimate of drug-likeness (QED) is 0.612. The van der Waals surface area contributed by atoms with E-state index in [0.29, 0.717) is 22.0 Å². The fourth-order valence-electron chi connectivity index (χ4n) is 3.58. The average Bonchev–Trinajstić information content (AvgIpc) is 3.31. The largest absolute Gasteiger partial charge is 0.381 e. The van der Waals surface area contributed by atoms with E-state index in [0.717, 1.165) is 11.1 Å². The molecule has 3 aromatic heterocycles. The minimum Gasteiger partial charge on any atom is -0.381 e. The predicted octanol–water partition coefficient (Wildman–Crippen LogP) is 3.05. The summed E-state index contributed by atoms with van der Waals surface area (Å²) in [6.07, 6.45) is 6.41. The molecule has 10 heteroatoms. The molecule has 1 atom stereocenters. The van der Waals surface area contributed by atoms with Gasteiger partial charge in [-0.1, -0.05) is 11.6 Å². The SMILES string of the molecule is Cc1cc(C(C)N2Cc3c(ccnc3NC(=O)C(C)(C)O)C2=O)cnc1-n1cc(Cl)cn1. The van der Waals surface area contributed by atoms with E-state index in [9.17, 15) is 14.7 Å². The number of pyridine rings is 2. The Morgan fingerprint density at radius 3 is 2.69 bits per heavy atom. The van der Waals surface area contributed by atoms with Gasteiger partial charge in [0.15, 0.2) is 5.82 Å². The first kappa shape index (κ1) is 21.9. The van der Waals surface area contributed by atoms with E-state index in [2.05, 4.69) is 20.4 Å². The van der Waals surface area contributed by atoms with Gasteiger partial charge in [-0.25, -0.2) is 14.6 Å². The molecule has 0 radical (unpaired) electrons. The van der Waals surface area contributed by atoms with Gasteiger partial charge in [0.2, 0.25) is 0 Å². The second kappa shape index (κ2) is 7.99. The van der Waals surface area contributed by atoms with E-state index in [1.54, 1.807) is 34.2 Å². The molecule has 0 aliphatic carbocycles. The first-order chi connectivity index (χ1) is 15.1. The zero-order valence-corrected chi connectivity index (χ0v) is 18.9. The molecule has 32 heavy (non-hydrogen) atoms. The number of rotatable bonds is 5. The van der Waals surface area contributed by atoms with Crippen molar-refractivity contribution in [2.75, 3.05) is 5.32 Å². The van der Waals surface area contributed by atoms with Crippen LogP contribution in [0.15, 0.2) is 36.9 Å². The Hall–Kier alpha value is -3.30. The first-order valence-corrected chi connectivity index (χ1v) is 10.4. The third-order valence-corrected chi connectivity index (χ3v) is 5.65. The maximum absolute atomic E-state index is 13.1. The van der Waals surface area contributed by atoms with Gasteiger partial charge in [0.25, 0.3) is 11.8 Å². The lowest BCUT2D eigenvalue weighted by Crippen LogP contribution is -2.37. The lowest BCUT2D eigenvalue weighted by Gasteiger charge is -2.25. The zero-order valence-electron chi connectivity index (χ0n) is 18.1. The number of anilines is 1. The number of nitrogens with one attached hydrogen (secondary N) is 1. The molecule has 2 N–H and O–H groups in total. The number of aromatic nitrogens is 4. The zero-order chi connectivity index (χ0) is 23.2. The Morgan fingerprint density at radius 1 is 1.31 bits per heavy atom. The fourth-order valence-corrected chi connectivity index (χ4v) is 3.72. The molecule has 1 aliphatic heterocycles. The van der Waals surface area contributed by atoms with E-state index >= 15 is 0 Å². The molecular weight excluding hydrogens is 432 g/mol. The highest BCUT2D eigenvalue weighted by molar-refractivity contribution is 6.30. The summed E-state index contributed by atoms with van der Waals surface area (Å²) in [5, 5.41) is 17.3. The molecule has 9 nitrogen and oxygen atoms in total. The van der Waals surface area contributed by atoms with E-state index in [1.807, 2.05) is 19.9 Å². The van der Waals surface area contributed by atoms with Gasteiger partial charge in [-0.2, -0.15) is 5.10 Å². The van der Waals surface area contributed by atoms with Crippen molar-refractivity contribution in [1.82, 2.24) is 24.6 Å². The van der Waals surface area contributed by atoms with E-state index < -0.39 is 11.5 Å². The highest BCUT2D eigenvalue weighted by atomic mass is 35.5. The molecule has 0 spiro atoms. The molecule has 166 valence electrons. The van der Waals surface area contributed by atoms with Crippen molar-refractivity contribution < 1.29 is 14.7 Å². The number of carbonyl (C=O) groups is 2. The maximum atomic E-state index is 13.1. The van der Waals surface area contributed by atoms with Gasteiger partial charge in [0, 0.05) is 23.5 Å². The molecule has 0 saturated carbocycles. The van der Waals surface area contributed by atoms with Crippen LogP contribution in [0.1, 0.15) is 53.9 Å². The van der Waals surface area contributed by atoms with Crippen molar-refractivity contribution in [1.29, 1.82) is 0 Å². The second-order valence-electron chi connectivity index (χ2n) is 8.32. The summed E-state index contributed by atoms with van der Waals surface area (Å²) in [6, 6.07) is 3.33. The van der Waals surface area contributed by atoms with Gasteiger partial charge in [0.1, 0.15) is 11.4 Å². The molecule has 1 aliphatic rings. The number of aryl methyl sites for hydroxylation is 1. The number of fused-ring (bicyclic) bond motifs is 1. The third kappa shape index (κ3) is 3.96. The van der Waals surface area contributed by atoms with Gasteiger partial charge in [0.05, 0.1) is 30.0 Å². The van der Waals surface area contributed by atoms with Gasteiger partial charge in [-0.15, -0.1) is 0 Å². The van der Waals surface area contributed by atoms with Crippen LogP contribution in [0.5, 0.6) is 0 Å². The van der Waals surface area contributed by atoms with Crippen LogP contribution >= 0.6 is 11.6 Å². The molecule has 4 heterocycles. The standard InChI is InChI=1S/C22H23ClN6O3/c1-12-7-14(8-25-19(12)29-10-15(23)9-26-29)13(2)28-11-17-16(20(28)30)5-6-24-18(17)27-21(31)22(3,4)32/h5-10,13,32H,11H2,1-4H3,(H,24,27,31). The smallest absolute Gasteiger partial charge is 0.256 e. The van der Waals surface area contributed by atoms with Crippen LogP contribution in [0.25, 0.3) is 5.82 Å². The van der Waals surface area contributed by atoms with Crippen LogP contribution in [-0.2, 0) is 11.3 Å². The molecule has 0 aromatic carbocycles. The minimum absolute atomic E-state index is 0.158. The van der Waals surface area contributed by atoms with Gasteiger partial charge in [-0.05, 0) is 51.0 Å². The summed E-state index contributed by atoms with van der Waals surface area (Å²) in [5.74, 6) is 0.184. The number of nitrogens with zero attached hydrogens (tertiary/aromatic N) is 5. The number of hydrogen-bond donors (Lipinski definition) is 2. The lowest BCUT2D eigenvalue weighted by molar-refractivity contribution is -0.130. The Morgan fingerprint density at radius 2 is 2.06 bits per heavy atom. The Balaban J connectivity index is 1.59.